The van der Waals surface area contributed by atoms with Crippen molar-refractivity contribution in [3.63, 3.8) is 0 Å². The fraction of sp³-hybridized carbons (Fsp3) is 0.857. The Balaban J connectivity index is 1.44. The Morgan fingerprint density at radius 3 is 2.65 bits per heavy atom. The molecule has 210 valence electrons. The minimum Gasteiger partial charge on any atom is -0.389 e. The third-order valence-electron chi connectivity index (χ3n) is 10.3. The number of allylic oxidation sites excluding steroid dienone is 1. The molecule has 0 bridgehead atoms. The lowest BCUT2D eigenvalue weighted by Crippen LogP contribution is -2.51. The summed E-state index contributed by atoms with van der Waals surface area (Å²) in [7, 11) is 0. The van der Waals surface area contributed by atoms with E-state index in [1.165, 1.54) is 5.57 Å². The van der Waals surface area contributed by atoms with Crippen LogP contribution in [0.4, 0.5) is 18.0 Å². The number of likely N-dealkylation sites (N-methyl/N-ethyl adjacent to an activating group) is 1. The van der Waals surface area contributed by atoms with Gasteiger partial charge in [-0.25, -0.2) is 4.79 Å². The maximum absolute atomic E-state index is 13.0. The van der Waals surface area contributed by atoms with Gasteiger partial charge in [-0.2, -0.15) is 13.2 Å². The van der Waals surface area contributed by atoms with Gasteiger partial charge in [0.05, 0.1) is 11.8 Å². The number of oxime groups is 1. The molecule has 6 nitrogen and oxygen atoms in total. The summed E-state index contributed by atoms with van der Waals surface area (Å²) in [5.74, 6) is 1.97. The van der Waals surface area contributed by atoms with E-state index in [-0.39, 0.29) is 35.9 Å². The molecular weight excluding hydrogens is 483 g/mol. The van der Waals surface area contributed by atoms with Crippen molar-refractivity contribution in [1.82, 2.24) is 10.2 Å². The molecule has 0 heterocycles. The van der Waals surface area contributed by atoms with E-state index in [0.717, 1.165) is 51.4 Å². The van der Waals surface area contributed by atoms with E-state index in [1.54, 1.807) is 0 Å². The minimum atomic E-state index is -4.50. The quantitative estimate of drug-likeness (QED) is 0.142. The van der Waals surface area contributed by atoms with Crippen LogP contribution >= 0.6 is 0 Å². The zero-order chi connectivity index (χ0) is 27.0. The van der Waals surface area contributed by atoms with Crippen molar-refractivity contribution in [3.05, 3.63) is 11.6 Å². The molecule has 0 saturated heterocycles. The summed E-state index contributed by atoms with van der Waals surface area (Å²) in [5.41, 5.74) is 2.38. The highest BCUT2D eigenvalue weighted by atomic mass is 19.4. The summed E-state index contributed by atoms with van der Waals surface area (Å²) >= 11 is 0. The van der Waals surface area contributed by atoms with Crippen LogP contribution in [0, 0.1) is 34.5 Å². The van der Waals surface area contributed by atoms with Gasteiger partial charge in [-0.3, -0.25) is 9.74 Å². The summed E-state index contributed by atoms with van der Waals surface area (Å²) in [5, 5.41) is 17.2. The number of carbonyl (C=O) groups excluding carboxylic acids is 1. The molecule has 1 amide bonds. The first kappa shape index (κ1) is 28.4. The number of amides is 1. The highest BCUT2D eigenvalue weighted by molar-refractivity contribution is 5.85. The first-order valence-electron chi connectivity index (χ1n) is 14.1. The third kappa shape index (κ3) is 5.72. The van der Waals surface area contributed by atoms with Gasteiger partial charge in [0.25, 0.3) is 0 Å². The summed E-state index contributed by atoms with van der Waals surface area (Å²) in [6.45, 7) is 7.87. The molecule has 2 N–H and O–H groups in total. The first-order chi connectivity index (χ1) is 17.4. The standard InChI is InChI=1S/C28H44F3N3O3/c1-5-32-14-15-34(17-28(29,30)31)25(36)37-33-18(2)22-8-9-23-21-7-6-19-16-20(35)10-12-26(19,3)24(21)11-13-27(22,23)4/h16,20-24,32,35H,5-15,17H2,1-4H3/b33-18+/t20-,21+,22-,23+,24+,26+,27-/m1/s1. The van der Waals surface area contributed by atoms with Crippen molar-refractivity contribution in [1.29, 1.82) is 0 Å². The largest absolute Gasteiger partial charge is 0.436 e. The average molecular weight is 528 g/mol. The fourth-order valence-corrected chi connectivity index (χ4v) is 8.47. The predicted molar refractivity (Wildman–Crippen MR) is 137 cm³/mol. The molecule has 4 rings (SSSR count). The van der Waals surface area contributed by atoms with Gasteiger partial charge in [-0.1, -0.05) is 37.6 Å². The Labute approximate surface area is 219 Å². The highest BCUT2D eigenvalue weighted by Gasteiger charge is 2.59. The van der Waals surface area contributed by atoms with Crippen molar-refractivity contribution < 1.29 is 27.9 Å². The van der Waals surface area contributed by atoms with Crippen molar-refractivity contribution in [2.75, 3.05) is 26.2 Å². The van der Waals surface area contributed by atoms with Crippen LogP contribution in [0.2, 0.25) is 0 Å². The lowest BCUT2D eigenvalue weighted by molar-refractivity contribution is -0.142. The lowest BCUT2D eigenvalue weighted by Gasteiger charge is -2.58. The first-order valence-corrected chi connectivity index (χ1v) is 14.1. The lowest BCUT2D eigenvalue weighted by atomic mass is 9.46. The third-order valence-corrected chi connectivity index (χ3v) is 10.3. The summed E-state index contributed by atoms with van der Waals surface area (Å²) in [6, 6.07) is 0. The van der Waals surface area contributed by atoms with Crippen molar-refractivity contribution in [2.45, 2.75) is 91.3 Å². The van der Waals surface area contributed by atoms with Crippen molar-refractivity contribution in [3.8, 4) is 0 Å². The molecule has 0 radical (unpaired) electrons. The van der Waals surface area contributed by atoms with Gasteiger partial charge in [0, 0.05) is 19.0 Å². The molecule has 0 unspecified atom stereocenters. The van der Waals surface area contributed by atoms with Gasteiger partial charge in [0.2, 0.25) is 0 Å². The summed E-state index contributed by atoms with van der Waals surface area (Å²) in [4.78, 5) is 18.3. The molecule has 0 aliphatic heterocycles. The Hall–Kier alpha value is -1.61. The monoisotopic (exact) mass is 527 g/mol. The van der Waals surface area contributed by atoms with E-state index in [9.17, 15) is 23.1 Å². The second kappa shape index (κ2) is 10.9. The van der Waals surface area contributed by atoms with E-state index in [1.807, 2.05) is 13.8 Å². The van der Waals surface area contributed by atoms with Crippen LogP contribution in [0.15, 0.2) is 16.8 Å². The van der Waals surface area contributed by atoms with Crippen LogP contribution in [0.25, 0.3) is 0 Å². The maximum Gasteiger partial charge on any atom is 0.436 e. The average Bonchev–Trinajstić information content (AvgIpc) is 3.19. The Morgan fingerprint density at radius 2 is 1.95 bits per heavy atom. The summed E-state index contributed by atoms with van der Waals surface area (Å²) < 4.78 is 39.1. The molecular formula is C28H44F3N3O3. The van der Waals surface area contributed by atoms with Crippen LogP contribution < -0.4 is 5.32 Å². The number of halogens is 3. The van der Waals surface area contributed by atoms with Gasteiger partial charge < -0.3 is 10.4 Å². The van der Waals surface area contributed by atoms with E-state index >= 15 is 0 Å². The second-order valence-corrected chi connectivity index (χ2v) is 12.3. The number of nitrogens with one attached hydrogen (secondary N) is 1. The molecule has 0 spiro atoms. The van der Waals surface area contributed by atoms with Crippen molar-refractivity contribution in [2.24, 2.45) is 39.7 Å². The Morgan fingerprint density at radius 1 is 1.19 bits per heavy atom. The zero-order valence-electron chi connectivity index (χ0n) is 22.7. The van der Waals surface area contributed by atoms with Crippen LogP contribution in [-0.2, 0) is 4.84 Å². The Kier molecular flexibility index (Phi) is 8.34. The van der Waals surface area contributed by atoms with Gasteiger partial charge in [-0.05, 0) is 93.4 Å². The molecule has 4 aliphatic rings. The van der Waals surface area contributed by atoms with Crippen molar-refractivity contribution >= 4 is 11.8 Å². The zero-order valence-corrected chi connectivity index (χ0v) is 22.7. The molecule has 0 aromatic rings. The number of carbonyl (C=O) groups is 1. The van der Waals surface area contributed by atoms with Gasteiger partial charge in [-0.15, -0.1) is 0 Å². The number of rotatable bonds is 7. The van der Waals surface area contributed by atoms with E-state index in [0.29, 0.717) is 34.9 Å². The SMILES string of the molecule is CCNCCN(CC(F)(F)F)C(=O)O/N=C(\C)[C@H]1CC[C@H]2[C@@H]3CCC4=C[C@H](O)CC[C@]4(C)[C@H]3CC[C@]12C. The second-order valence-electron chi connectivity index (χ2n) is 12.3. The molecule has 3 fully saturated rings. The predicted octanol–water partition coefficient (Wildman–Crippen LogP) is 5.91. The van der Waals surface area contributed by atoms with E-state index < -0.39 is 18.8 Å². The number of aliphatic hydroxyl groups excluding tert-OH is 1. The van der Waals surface area contributed by atoms with E-state index in [2.05, 4.69) is 30.4 Å². The molecule has 4 aliphatic carbocycles. The highest BCUT2D eigenvalue weighted by Crippen LogP contribution is 2.66. The number of alkyl halides is 3. The maximum atomic E-state index is 13.0. The van der Waals surface area contributed by atoms with Gasteiger partial charge in [0.15, 0.2) is 0 Å². The van der Waals surface area contributed by atoms with Crippen LogP contribution in [0.5, 0.6) is 0 Å². The van der Waals surface area contributed by atoms with Crippen LogP contribution in [0.1, 0.15) is 79.1 Å². The number of hydrogen-bond donors (Lipinski definition) is 2. The fourth-order valence-electron chi connectivity index (χ4n) is 8.47. The smallest absolute Gasteiger partial charge is 0.389 e. The molecule has 7 atom stereocenters. The molecule has 37 heavy (non-hydrogen) atoms. The van der Waals surface area contributed by atoms with Gasteiger partial charge >= 0.3 is 12.3 Å². The summed E-state index contributed by atoms with van der Waals surface area (Å²) in [6.07, 6.45) is 4.61. The normalized spacial score (nSPS) is 37.8. The van der Waals surface area contributed by atoms with Crippen LogP contribution in [-0.4, -0.2) is 60.3 Å². The molecule has 3 saturated carbocycles. The number of fused-ring (bicyclic) bond motifs is 5. The van der Waals surface area contributed by atoms with Gasteiger partial charge in [0.1, 0.15) is 6.54 Å². The topological polar surface area (TPSA) is 74.2 Å². The minimum absolute atomic E-state index is 0.0453. The molecule has 0 aromatic carbocycles. The Bertz CT molecular complexity index is 907. The van der Waals surface area contributed by atoms with Crippen LogP contribution in [0.3, 0.4) is 0 Å². The molecule has 0 aromatic heterocycles. The number of aliphatic hydroxyl groups is 1. The number of nitrogens with zero attached hydrogens (tertiary/aromatic N) is 2. The number of hydrogen-bond acceptors (Lipinski definition) is 5. The molecule has 9 heteroatoms. The van der Waals surface area contributed by atoms with E-state index in [4.69, 9.17) is 4.84 Å².